The van der Waals surface area contributed by atoms with Crippen LogP contribution in [0.1, 0.15) is 21.7 Å². The van der Waals surface area contributed by atoms with E-state index in [1.54, 1.807) is 18.3 Å². The minimum absolute atomic E-state index is 0.111. The van der Waals surface area contributed by atoms with Gasteiger partial charge in [0, 0.05) is 23.6 Å². The van der Waals surface area contributed by atoms with Crippen molar-refractivity contribution in [2.75, 3.05) is 25.7 Å². The van der Waals surface area contributed by atoms with E-state index in [-0.39, 0.29) is 11.7 Å². The van der Waals surface area contributed by atoms with Gasteiger partial charge in [0.1, 0.15) is 5.82 Å². The summed E-state index contributed by atoms with van der Waals surface area (Å²) in [5, 5.41) is 0.728. The van der Waals surface area contributed by atoms with E-state index in [2.05, 4.69) is 9.97 Å². The summed E-state index contributed by atoms with van der Waals surface area (Å²) in [7, 11) is 3.03. The third-order valence-electron chi connectivity index (χ3n) is 3.67. The lowest BCUT2D eigenvalue weighted by Crippen LogP contribution is -2.04. The Morgan fingerprint density at radius 3 is 2.62 bits per heavy atom. The Morgan fingerprint density at radius 1 is 1.21 bits per heavy atom. The number of hydrogen-bond acceptors (Lipinski definition) is 8. The van der Waals surface area contributed by atoms with Crippen LogP contribution in [0.25, 0.3) is 11.0 Å². The Bertz CT molecular complexity index is 920. The number of anilines is 2. The van der Waals surface area contributed by atoms with Gasteiger partial charge in [0.25, 0.3) is 0 Å². The number of fused-ring (bicyclic) bond motifs is 1. The maximum Gasteiger partial charge on any atom is 0.221 e. The zero-order chi connectivity index (χ0) is 17.3. The van der Waals surface area contributed by atoms with E-state index in [9.17, 15) is 4.79 Å². The van der Waals surface area contributed by atoms with Crippen LogP contribution >= 0.6 is 0 Å². The molecule has 0 amide bonds. The Kier molecular flexibility index (Phi) is 3.95. The third-order valence-corrected chi connectivity index (χ3v) is 3.67. The number of nitrogens with two attached hydrogens (primary N) is 2. The van der Waals surface area contributed by atoms with Gasteiger partial charge < -0.3 is 25.4 Å². The molecule has 0 bridgehead atoms. The van der Waals surface area contributed by atoms with Gasteiger partial charge in [0.2, 0.25) is 11.7 Å². The first-order valence-corrected chi connectivity index (χ1v) is 7.06. The number of nitrogens with zero attached hydrogens (tertiary/aromatic N) is 2. The number of carbonyl (C=O) groups excluding carboxylic acids is 1. The number of methoxy groups -OCH3 is 2. The molecule has 2 heterocycles. The van der Waals surface area contributed by atoms with Gasteiger partial charge in [0.05, 0.1) is 14.2 Å². The number of hydrogen-bond donors (Lipinski definition) is 2. The Morgan fingerprint density at radius 2 is 2.00 bits per heavy atom. The van der Waals surface area contributed by atoms with Crippen LogP contribution in [0.3, 0.4) is 0 Å². The number of aromatic nitrogens is 2. The van der Waals surface area contributed by atoms with Crippen LogP contribution < -0.4 is 20.9 Å². The molecule has 4 N–H and O–H groups in total. The zero-order valence-corrected chi connectivity index (χ0v) is 13.2. The number of benzene rings is 1. The molecule has 0 aliphatic rings. The molecule has 3 aromatic rings. The smallest absolute Gasteiger partial charge is 0.221 e. The summed E-state index contributed by atoms with van der Waals surface area (Å²) in [6.07, 6.45) is 2.62. The molecule has 3 rings (SSSR count). The summed E-state index contributed by atoms with van der Waals surface area (Å²) in [4.78, 5) is 19.0. The molecule has 0 spiro atoms. The van der Waals surface area contributed by atoms with Gasteiger partial charge in [-0.2, -0.15) is 4.98 Å². The maximum atomic E-state index is 11.1. The molecule has 1 aromatic carbocycles. The van der Waals surface area contributed by atoms with Crippen molar-refractivity contribution >= 4 is 29.0 Å². The molecule has 8 heteroatoms. The standard InChI is InChI=1S/C16H16N4O4/c1-22-12-4-8(3-9-6-19-16(18)20-15(9)17)11-5-10(7-21)24-13(11)14(12)23-2/h4-7H,3H2,1-2H3,(H4,17,18,19,20). The normalized spacial score (nSPS) is 10.8. The lowest BCUT2D eigenvalue weighted by atomic mass is 10.0. The van der Waals surface area contributed by atoms with Crippen molar-refractivity contribution in [2.24, 2.45) is 0 Å². The summed E-state index contributed by atoms with van der Waals surface area (Å²) < 4.78 is 16.3. The summed E-state index contributed by atoms with van der Waals surface area (Å²) >= 11 is 0. The molecule has 0 fully saturated rings. The molecule has 0 unspecified atom stereocenters. The first-order valence-electron chi connectivity index (χ1n) is 7.06. The van der Waals surface area contributed by atoms with Crippen LogP contribution in [-0.2, 0) is 6.42 Å². The van der Waals surface area contributed by atoms with Crippen molar-refractivity contribution in [3.05, 3.63) is 35.2 Å². The average molecular weight is 328 g/mol. The van der Waals surface area contributed by atoms with E-state index in [0.717, 1.165) is 10.9 Å². The SMILES string of the molecule is COc1cc(Cc2cnc(N)nc2N)c2cc(C=O)oc2c1OC. The highest BCUT2D eigenvalue weighted by Crippen LogP contribution is 2.40. The van der Waals surface area contributed by atoms with E-state index >= 15 is 0 Å². The van der Waals surface area contributed by atoms with Gasteiger partial charge in [-0.15, -0.1) is 0 Å². The van der Waals surface area contributed by atoms with Crippen molar-refractivity contribution in [1.82, 2.24) is 9.97 Å². The van der Waals surface area contributed by atoms with Gasteiger partial charge in [-0.25, -0.2) is 4.98 Å². The third kappa shape index (κ3) is 2.58. The van der Waals surface area contributed by atoms with Crippen molar-refractivity contribution in [2.45, 2.75) is 6.42 Å². The number of ether oxygens (including phenoxy) is 2. The Hall–Kier alpha value is -3.29. The number of furan rings is 1. The molecule has 24 heavy (non-hydrogen) atoms. The zero-order valence-electron chi connectivity index (χ0n) is 13.2. The van der Waals surface area contributed by atoms with E-state index in [1.807, 2.05) is 0 Å². The van der Waals surface area contributed by atoms with E-state index in [0.29, 0.717) is 41.2 Å². The minimum atomic E-state index is 0.111. The summed E-state index contributed by atoms with van der Waals surface area (Å²) in [5.41, 5.74) is 13.4. The van der Waals surface area contributed by atoms with Crippen LogP contribution in [0.2, 0.25) is 0 Å². The number of nitrogen functional groups attached to an aromatic ring is 2. The maximum absolute atomic E-state index is 11.1. The highest BCUT2D eigenvalue weighted by atomic mass is 16.5. The Balaban J connectivity index is 2.19. The average Bonchev–Trinajstić information content (AvgIpc) is 3.01. The molecular formula is C16H16N4O4. The van der Waals surface area contributed by atoms with Crippen LogP contribution in [-0.4, -0.2) is 30.5 Å². The first-order chi connectivity index (χ1) is 11.6. The summed E-state index contributed by atoms with van der Waals surface area (Å²) in [6.45, 7) is 0. The molecule has 124 valence electrons. The first kappa shape index (κ1) is 15.6. The van der Waals surface area contributed by atoms with E-state index < -0.39 is 0 Å². The summed E-state index contributed by atoms with van der Waals surface area (Å²) in [6, 6.07) is 3.45. The fourth-order valence-electron chi connectivity index (χ4n) is 2.56. The quantitative estimate of drug-likeness (QED) is 0.679. The van der Waals surface area contributed by atoms with Crippen molar-refractivity contribution < 1.29 is 18.7 Å². The van der Waals surface area contributed by atoms with E-state index in [1.165, 1.54) is 14.2 Å². The predicted molar refractivity (Wildman–Crippen MR) is 88.4 cm³/mol. The second-order valence-electron chi connectivity index (χ2n) is 5.10. The Labute approximate surface area is 137 Å². The molecule has 2 aromatic heterocycles. The monoisotopic (exact) mass is 328 g/mol. The lowest BCUT2D eigenvalue weighted by Gasteiger charge is -2.12. The largest absolute Gasteiger partial charge is 0.493 e. The van der Waals surface area contributed by atoms with Crippen LogP contribution in [0.15, 0.2) is 22.7 Å². The van der Waals surface area contributed by atoms with Crippen LogP contribution in [0.5, 0.6) is 11.5 Å². The molecular weight excluding hydrogens is 312 g/mol. The molecule has 0 saturated heterocycles. The second kappa shape index (κ2) is 6.07. The molecule has 0 aliphatic carbocycles. The van der Waals surface area contributed by atoms with Crippen molar-refractivity contribution in [3.8, 4) is 11.5 Å². The number of aldehydes is 1. The predicted octanol–water partition coefficient (Wildman–Crippen LogP) is 1.81. The second-order valence-corrected chi connectivity index (χ2v) is 5.10. The fraction of sp³-hybridized carbons (Fsp3) is 0.188. The van der Waals surface area contributed by atoms with Gasteiger partial charge >= 0.3 is 0 Å². The van der Waals surface area contributed by atoms with Gasteiger partial charge in [-0.1, -0.05) is 0 Å². The van der Waals surface area contributed by atoms with E-state index in [4.69, 9.17) is 25.4 Å². The molecule has 0 saturated carbocycles. The topological polar surface area (TPSA) is 126 Å². The molecule has 0 atom stereocenters. The summed E-state index contributed by atoms with van der Waals surface area (Å²) in [5.74, 6) is 1.51. The van der Waals surface area contributed by atoms with Gasteiger partial charge in [-0.05, 0) is 17.7 Å². The van der Waals surface area contributed by atoms with Gasteiger partial charge in [-0.3, -0.25) is 4.79 Å². The van der Waals surface area contributed by atoms with Gasteiger partial charge in [0.15, 0.2) is 23.4 Å². The molecule has 8 nitrogen and oxygen atoms in total. The van der Waals surface area contributed by atoms with Crippen LogP contribution in [0, 0.1) is 0 Å². The lowest BCUT2D eigenvalue weighted by molar-refractivity contribution is 0.110. The number of carbonyl (C=O) groups is 1. The van der Waals surface area contributed by atoms with Crippen molar-refractivity contribution in [3.63, 3.8) is 0 Å². The van der Waals surface area contributed by atoms with Crippen LogP contribution in [0.4, 0.5) is 11.8 Å². The minimum Gasteiger partial charge on any atom is -0.493 e. The molecule has 0 aliphatic heterocycles. The highest BCUT2D eigenvalue weighted by Gasteiger charge is 2.19. The highest BCUT2D eigenvalue weighted by molar-refractivity contribution is 5.93. The number of rotatable bonds is 5. The molecule has 0 radical (unpaired) electrons. The van der Waals surface area contributed by atoms with Crippen molar-refractivity contribution in [1.29, 1.82) is 0 Å². The fourth-order valence-corrected chi connectivity index (χ4v) is 2.56.